The van der Waals surface area contributed by atoms with E-state index in [0.717, 1.165) is 18.7 Å². The van der Waals surface area contributed by atoms with Crippen LogP contribution in [0.4, 0.5) is 0 Å². The average Bonchev–Trinajstić information content (AvgIpc) is 2.34. The third-order valence-corrected chi connectivity index (χ3v) is 3.33. The zero-order chi connectivity index (χ0) is 12.8. The van der Waals surface area contributed by atoms with Crippen LogP contribution >= 0.6 is 12.6 Å². The topological polar surface area (TPSA) is 12.0 Å². The van der Waals surface area contributed by atoms with Crippen LogP contribution < -0.4 is 5.32 Å². The molecule has 0 aromatic carbocycles. The first-order valence-corrected chi connectivity index (χ1v) is 7.97. The van der Waals surface area contributed by atoms with E-state index in [1.165, 1.54) is 63.5 Å². The van der Waals surface area contributed by atoms with Gasteiger partial charge in [0.15, 0.2) is 0 Å². The molecule has 2 heteroatoms. The normalized spacial score (nSPS) is 10.5. The lowest BCUT2D eigenvalue weighted by atomic mass is 10.1. The molecular weight excluding hydrogens is 226 g/mol. The summed E-state index contributed by atoms with van der Waals surface area (Å²) in [5.41, 5.74) is 1.22. The first-order valence-electron chi connectivity index (χ1n) is 7.33. The van der Waals surface area contributed by atoms with E-state index in [9.17, 15) is 0 Å². The molecule has 0 fully saturated rings. The summed E-state index contributed by atoms with van der Waals surface area (Å²) in [5, 5.41) is 3.36. The first kappa shape index (κ1) is 16.9. The molecule has 0 aliphatic heterocycles. The second kappa shape index (κ2) is 14.0. The Bertz CT molecular complexity index is 168. The van der Waals surface area contributed by atoms with E-state index in [1.807, 2.05) is 0 Å². The van der Waals surface area contributed by atoms with Crippen LogP contribution in [0.2, 0.25) is 0 Å². The summed E-state index contributed by atoms with van der Waals surface area (Å²) < 4.78 is 0. The van der Waals surface area contributed by atoms with Crippen molar-refractivity contribution in [1.29, 1.82) is 0 Å². The summed E-state index contributed by atoms with van der Waals surface area (Å²) in [4.78, 5) is 0. The van der Waals surface area contributed by atoms with Crippen molar-refractivity contribution < 1.29 is 0 Å². The monoisotopic (exact) mass is 257 g/mol. The molecule has 0 heterocycles. The van der Waals surface area contributed by atoms with Crippen LogP contribution in [-0.4, -0.2) is 12.3 Å². The lowest BCUT2D eigenvalue weighted by molar-refractivity contribution is 0.570. The third-order valence-electron chi connectivity index (χ3n) is 3.01. The minimum absolute atomic E-state index is 1.05. The van der Waals surface area contributed by atoms with Crippen molar-refractivity contribution in [2.45, 2.75) is 71.1 Å². The summed E-state index contributed by atoms with van der Waals surface area (Å²) in [6.07, 6.45) is 13.2. The van der Waals surface area contributed by atoms with E-state index in [1.54, 1.807) is 0 Å². The number of hydrogen-bond acceptors (Lipinski definition) is 2. The Hall–Kier alpha value is -0.110. The fourth-order valence-electron chi connectivity index (χ4n) is 1.90. The zero-order valence-corrected chi connectivity index (χ0v) is 12.5. The number of hydrogen-bond donors (Lipinski definition) is 2. The van der Waals surface area contributed by atoms with Crippen LogP contribution in [0.25, 0.3) is 0 Å². The maximum atomic E-state index is 4.22. The van der Waals surface area contributed by atoms with Gasteiger partial charge in [-0.2, -0.15) is 12.6 Å². The number of rotatable bonds is 13. The summed E-state index contributed by atoms with van der Waals surface area (Å²) in [5.74, 6) is 1.05. The standard InChI is InChI=1S/C15H31NS/c1-3-13-16-15(2)12-10-8-6-4-5-7-9-11-14-17/h16-17H,2-14H2,1H3. The van der Waals surface area contributed by atoms with Gasteiger partial charge in [0.25, 0.3) is 0 Å². The molecule has 0 aromatic rings. The second-order valence-electron chi connectivity index (χ2n) is 4.83. The molecule has 0 bridgehead atoms. The van der Waals surface area contributed by atoms with Crippen molar-refractivity contribution in [2.75, 3.05) is 12.3 Å². The van der Waals surface area contributed by atoms with Crippen LogP contribution in [0.5, 0.6) is 0 Å². The Balaban J connectivity index is 3.05. The molecule has 0 atom stereocenters. The first-order chi connectivity index (χ1) is 8.31. The molecule has 0 aliphatic carbocycles. The third kappa shape index (κ3) is 13.8. The van der Waals surface area contributed by atoms with Crippen LogP contribution in [0.1, 0.15) is 71.1 Å². The Morgan fingerprint density at radius 1 is 0.941 bits per heavy atom. The maximum Gasteiger partial charge on any atom is 0.0141 e. The molecule has 1 N–H and O–H groups in total. The Labute approximate surface area is 114 Å². The molecule has 0 rings (SSSR count). The molecule has 0 spiro atoms. The number of unbranched alkanes of at least 4 members (excludes halogenated alkanes) is 7. The van der Waals surface area contributed by atoms with Gasteiger partial charge >= 0.3 is 0 Å². The van der Waals surface area contributed by atoms with Crippen molar-refractivity contribution in [1.82, 2.24) is 5.32 Å². The fraction of sp³-hybridized carbons (Fsp3) is 0.867. The van der Waals surface area contributed by atoms with Crippen molar-refractivity contribution >= 4 is 12.6 Å². The lowest BCUT2D eigenvalue weighted by Crippen LogP contribution is -2.12. The molecule has 0 saturated carbocycles. The van der Waals surface area contributed by atoms with Gasteiger partial charge in [0.2, 0.25) is 0 Å². The zero-order valence-electron chi connectivity index (χ0n) is 11.6. The van der Waals surface area contributed by atoms with E-state index in [-0.39, 0.29) is 0 Å². The molecule has 0 unspecified atom stereocenters. The van der Waals surface area contributed by atoms with Crippen LogP contribution in [-0.2, 0) is 0 Å². The van der Waals surface area contributed by atoms with Gasteiger partial charge in [-0.05, 0) is 31.4 Å². The summed E-state index contributed by atoms with van der Waals surface area (Å²) in [6, 6.07) is 0. The molecule has 0 saturated heterocycles. The SMILES string of the molecule is C=C(CCCCCCCCCCS)NCCC. The fourth-order valence-corrected chi connectivity index (χ4v) is 2.12. The Morgan fingerprint density at radius 3 is 2.00 bits per heavy atom. The van der Waals surface area contributed by atoms with Gasteiger partial charge < -0.3 is 5.32 Å². The highest BCUT2D eigenvalue weighted by molar-refractivity contribution is 7.80. The van der Waals surface area contributed by atoms with Gasteiger partial charge in [-0.3, -0.25) is 0 Å². The van der Waals surface area contributed by atoms with Gasteiger partial charge in [0, 0.05) is 12.2 Å². The summed E-state index contributed by atoms with van der Waals surface area (Å²) >= 11 is 4.22. The lowest BCUT2D eigenvalue weighted by Gasteiger charge is -2.07. The predicted molar refractivity (Wildman–Crippen MR) is 82.8 cm³/mol. The quantitative estimate of drug-likeness (QED) is 0.352. The van der Waals surface area contributed by atoms with Gasteiger partial charge in [0.05, 0.1) is 0 Å². The highest BCUT2D eigenvalue weighted by Gasteiger charge is 1.94. The van der Waals surface area contributed by atoms with E-state index in [4.69, 9.17) is 0 Å². The highest BCUT2D eigenvalue weighted by Crippen LogP contribution is 2.11. The minimum atomic E-state index is 1.05. The number of allylic oxidation sites excluding steroid dienone is 1. The van der Waals surface area contributed by atoms with Crippen LogP contribution in [0, 0.1) is 0 Å². The number of thiol groups is 1. The largest absolute Gasteiger partial charge is 0.389 e. The molecule has 1 nitrogen and oxygen atoms in total. The summed E-state index contributed by atoms with van der Waals surface area (Å²) in [6.45, 7) is 7.30. The summed E-state index contributed by atoms with van der Waals surface area (Å²) in [7, 11) is 0. The van der Waals surface area contributed by atoms with E-state index < -0.39 is 0 Å². The van der Waals surface area contributed by atoms with Crippen LogP contribution in [0.3, 0.4) is 0 Å². The van der Waals surface area contributed by atoms with Gasteiger partial charge in [-0.15, -0.1) is 0 Å². The maximum absolute atomic E-state index is 4.22. The smallest absolute Gasteiger partial charge is 0.0141 e. The molecule has 0 radical (unpaired) electrons. The van der Waals surface area contributed by atoms with E-state index >= 15 is 0 Å². The van der Waals surface area contributed by atoms with Gasteiger partial charge in [0.1, 0.15) is 0 Å². The molecule has 0 aromatic heterocycles. The Kier molecular flexibility index (Phi) is 13.9. The average molecular weight is 257 g/mol. The molecule has 102 valence electrons. The minimum Gasteiger partial charge on any atom is -0.389 e. The van der Waals surface area contributed by atoms with Crippen LogP contribution in [0.15, 0.2) is 12.3 Å². The number of nitrogens with one attached hydrogen (secondary N) is 1. The Morgan fingerprint density at radius 2 is 1.47 bits per heavy atom. The molecular formula is C15H31NS. The molecule has 17 heavy (non-hydrogen) atoms. The van der Waals surface area contributed by atoms with E-state index in [2.05, 4.69) is 31.4 Å². The molecule has 0 aliphatic rings. The van der Waals surface area contributed by atoms with Crippen molar-refractivity contribution in [2.24, 2.45) is 0 Å². The highest BCUT2D eigenvalue weighted by atomic mass is 32.1. The van der Waals surface area contributed by atoms with Gasteiger partial charge in [-0.25, -0.2) is 0 Å². The van der Waals surface area contributed by atoms with Gasteiger partial charge in [-0.1, -0.05) is 52.0 Å². The van der Waals surface area contributed by atoms with Crippen molar-refractivity contribution in [3.8, 4) is 0 Å². The van der Waals surface area contributed by atoms with Crippen molar-refractivity contribution in [3.05, 3.63) is 12.3 Å². The molecule has 0 amide bonds. The predicted octanol–water partition coefficient (Wildman–Crippen LogP) is 4.94. The van der Waals surface area contributed by atoms with E-state index in [0.29, 0.717) is 0 Å². The van der Waals surface area contributed by atoms with Crippen molar-refractivity contribution in [3.63, 3.8) is 0 Å². The second-order valence-corrected chi connectivity index (χ2v) is 5.28.